The quantitative estimate of drug-likeness (QED) is 0.225. The van der Waals surface area contributed by atoms with Crippen molar-refractivity contribution in [3.8, 4) is 0 Å². The second-order valence-electron chi connectivity index (χ2n) is 18.2. The lowest BCUT2D eigenvalue weighted by molar-refractivity contribution is -0.309. The van der Waals surface area contributed by atoms with E-state index < -0.39 is 83.7 Å². The Hall–Kier alpha value is -5.71. The van der Waals surface area contributed by atoms with Crippen molar-refractivity contribution < 1.29 is 90.9 Å². The summed E-state index contributed by atoms with van der Waals surface area (Å²) in [5, 5.41) is 8.70. The molecular weight excluding hydrogens is 964 g/mol. The molecule has 69 heavy (non-hydrogen) atoms. The first kappa shape index (κ1) is 54.2. The summed E-state index contributed by atoms with van der Waals surface area (Å²) in [6.45, 7) is 10.5. The number of imidazole rings is 2. The lowest BCUT2D eigenvalue weighted by Crippen LogP contribution is -2.55. The van der Waals surface area contributed by atoms with E-state index in [2.05, 4.69) is 35.4 Å². The number of hydrogen-bond donors (Lipinski definition) is 3. The van der Waals surface area contributed by atoms with Crippen LogP contribution in [-0.2, 0) is 40.4 Å². The average Bonchev–Trinajstić information content (AvgIpc) is 3.85. The minimum atomic E-state index is -5.81. The SMILES string of the molecule is CC1(NC(=O)c2cn3c(n2)CN(C(=O)OC(C)(C)C)CC3)CCN(C(=O)OC(C(F)(F)F)C(F)(F)F)CC1.CC1(NC(=O)c2cn3c(n2)CNCC3)CCN(C(=O)OC(C(F)(F)F)C(F)(F)F)CC1. The number of halogens is 12. The number of nitrogens with zero attached hydrogens (tertiary/aromatic N) is 7. The van der Waals surface area contributed by atoms with Gasteiger partial charge in [-0.1, -0.05) is 0 Å². The van der Waals surface area contributed by atoms with E-state index >= 15 is 0 Å². The van der Waals surface area contributed by atoms with Crippen molar-refractivity contribution in [2.75, 3.05) is 39.3 Å². The maximum absolute atomic E-state index is 12.9. The molecule has 0 aliphatic carbocycles. The molecule has 0 atom stereocenters. The molecule has 30 heteroatoms. The third kappa shape index (κ3) is 14.4. The Balaban J connectivity index is 0.000000263. The lowest BCUT2D eigenvalue weighted by Gasteiger charge is -2.39. The topological polar surface area (TPSA) is 194 Å². The maximum Gasteiger partial charge on any atom is 0.434 e. The van der Waals surface area contributed by atoms with Crippen molar-refractivity contribution in [3.63, 3.8) is 0 Å². The summed E-state index contributed by atoms with van der Waals surface area (Å²) in [6, 6.07) is 0. The predicted octanol–water partition coefficient (Wildman–Crippen LogP) is 6.05. The van der Waals surface area contributed by atoms with Gasteiger partial charge in [-0.05, 0) is 60.3 Å². The molecule has 2 aromatic heterocycles. The minimum Gasteiger partial charge on any atom is -0.444 e. The monoisotopic (exact) mass is 1010 g/mol. The van der Waals surface area contributed by atoms with E-state index in [1.807, 2.05) is 4.57 Å². The number of carbonyl (C=O) groups excluding carboxylic acids is 5. The number of hydrogen-bond acceptors (Lipinski definition) is 11. The molecular formula is C39H50F12N10O8. The van der Waals surface area contributed by atoms with Crippen LogP contribution in [-0.4, -0.2) is 157 Å². The van der Waals surface area contributed by atoms with E-state index in [1.54, 1.807) is 45.4 Å². The highest BCUT2D eigenvalue weighted by Gasteiger charge is 2.61. The Morgan fingerprint density at radius 1 is 0.580 bits per heavy atom. The van der Waals surface area contributed by atoms with Gasteiger partial charge in [0.1, 0.15) is 28.6 Å². The number of nitrogens with one attached hydrogen (secondary N) is 3. The van der Waals surface area contributed by atoms with Gasteiger partial charge < -0.3 is 49.1 Å². The molecule has 0 aromatic carbocycles. The van der Waals surface area contributed by atoms with Crippen molar-refractivity contribution in [1.82, 2.24) is 49.8 Å². The van der Waals surface area contributed by atoms with E-state index in [-0.39, 0.29) is 69.8 Å². The van der Waals surface area contributed by atoms with Gasteiger partial charge in [0.25, 0.3) is 24.0 Å². The van der Waals surface area contributed by atoms with Crippen molar-refractivity contribution in [1.29, 1.82) is 0 Å². The zero-order chi connectivity index (χ0) is 51.7. The van der Waals surface area contributed by atoms with Crippen LogP contribution in [0.25, 0.3) is 0 Å². The van der Waals surface area contributed by atoms with Gasteiger partial charge in [-0.25, -0.2) is 24.4 Å². The van der Waals surface area contributed by atoms with Crippen LogP contribution in [0.3, 0.4) is 0 Å². The highest BCUT2D eigenvalue weighted by molar-refractivity contribution is 5.93. The third-order valence-corrected chi connectivity index (χ3v) is 11.3. The van der Waals surface area contributed by atoms with Crippen LogP contribution in [0.4, 0.5) is 67.1 Å². The predicted molar refractivity (Wildman–Crippen MR) is 211 cm³/mol. The molecule has 0 saturated carbocycles. The van der Waals surface area contributed by atoms with Crippen molar-refractivity contribution in [3.05, 3.63) is 35.4 Å². The molecule has 5 amide bonds. The second kappa shape index (κ2) is 20.0. The van der Waals surface area contributed by atoms with E-state index in [4.69, 9.17) is 4.74 Å². The van der Waals surface area contributed by atoms with Gasteiger partial charge in [-0.2, -0.15) is 52.7 Å². The Labute approximate surface area is 385 Å². The van der Waals surface area contributed by atoms with Crippen molar-refractivity contribution >= 4 is 30.1 Å². The number of piperidine rings is 2. The average molecular weight is 1010 g/mol. The molecule has 4 aliphatic heterocycles. The van der Waals surface area contributed by atoms with Gasteiger partial charge in [0.15, 0.2) is 0 Å². The molecule has 0 bridgehead atoms. The number of ether oxygens (including phenoxy) is 3. The van der Waals surface area contributed by atoms with Crippen LogP contribution in [0, 0.1) is 0 Å². The molecule has 0 spiro atoms. The Morgan fingerprint density at radius 3 is 1.35 bits per heavy atom. The fourth-order valence-corrected chi connectivity index (χ4v) is 7.42. The van der Waals surface area contributed by atoms with E-state index in [0.717, 1.165) is 16.3 Å². The number of alkyl halides is 12. The van der Waals surface area contributed by atoms with Crippen LogP contribution in [0.1, 0.15) is 92.9 Å². The third-order valence-electron chi connectivity index (χ3n) is 11.3. The second-order valence-corrected chi connectivity index (χ2v) is 18.2. The molecule has 0 unspecified atom stereocenters. The molecule has 3 N–H and O–H groups in total. The van der Waals surface area contributed by atoms with Crippen LogP contribution in [0.5, 0.6) is 0 Å². The Morgan fingerprint density at radius 2 is 0.971 bits per heavy atom. The number of amides is 5. The summed E-state index contributed by atoms with van der Waals surface area (Å²) < 4.78 is 168. The fourth-order valence-electron chi connectivity index (χ4n) is 7.42. The normalized spacial score (nSPS) is 18.6. The maximum atomic E-state index is 12.9. The summed E-state index contributed by atoms with van der Waals surface area (Å²) in [5.74, 6) is 0.181. The van der Waals surface area contributed by atoms with Crippen LogP contribution >= 0.6 is 0 Å². The van der Waals surface area contributed by atoms with E-state index in [9.17, 15) is 76.7 Å². The molecule has 2 saturated heterocycles. The Kier molecular flexibility index (Phi) is 15.7. The van der Waals surface area contributed by atoms with Gasteiger partial charge in [-0.15, -0.1) is 0 Å². The van der Waals surface area contributed by atoms with Gasteiger partial charge in [0, 0.05) is 75.8 Å². The summed E-state index contributed by atoms with van der Waals surface area (Å²) in [7, 11) is 0. The number of carbonyl (C=O) groups is 5. The smallest absolute Gasteiger partial charge is 0.434 e. The molecule has 2 fully saturated rings. The number of likely N-dealkylation sites (tertiary alicyclic amines) is 2. The number of fused-ring (bicyclic) bond motifs is 2. The van der Waals surface area contributed by atoms with Crippen molar-refractivity contribution in [2.24, 2.45) is 0 Å². The summed E-state index contributed by atoms with van der Waals surface area (Å²) in [4.78, 5) is 73.1. The van der Waals surface area contributed by atoms with E-state index in [0.29, 0.717) is 37.8 Å². The summed E-state index contributed by atoms with van der Waals surface area (Å²) in [6.07, 6.45) is -32.0. The fraction of sp³-hybridized carbons (Fsp3) is 0.718. The standard InChI is InChI=1S/C22H29F6N5O5.C17H21F6N5O3/c1-19(2,3)38-18(36)33-10-9-32-11-13(29-14(32)12-33)15(34)30-20(4)5-7-31(8-6-20)17(35)37-16(21(23,24)25)22(26,27)28;1-15(26-12(29)10-9-28-7-4-24-8-11(28)25-10)2-5-27(6-3-15)14(30)31-13(16(18,19)20)17(21,22)23/h11,16H,5-10,12H2,1-4H3,(H,30,34);9,13,24H,2-8H2,1H3,(H,26,29). The van der Waals surface area contributed by atoms with Gasteiger partial charge in [0.2, 0.25) is 0 Å². The summed E-state index contributed by atoms with van der Waals surface area (Å²) >= 11 is 0. The van der Waals surface area contributed by atoms with Crippen LogP contribution < -0.4 is 16.0 Å². The first-order valence-electron chi connectivity index (χ1n) is 21.2. The molecule has 4 aliphatic rings. The van der Waals surface area contributed by atoms with Gasteiger partial charge in [-0.3, -0.25) is 14.5 Å². The van der Waals surface area contributed by atoms with Crippen LogP contribution in [0.2, 0.25) is 0 Å². The molecule has 18 nitrogen and oxygen atoms in total. The molecule has 388 valence electrons. The highest BCUT2D eigenvalue weighted by Crippen LogP contribution is 2.38. The zero-order valence-corrected chi connectivity index (χ0v) is 37.6. The largest absolute Gasteiger partial charge is 0.444 e. The lowest BCUT2D eigenvalue weighted by atomic mass is 9.89. The highest BCUT2D eigenvalue weighted by atomic mass is 19.4. The zero-order valence-electron chi connectivity index (χ0n) is 37.6. The van der Waals surface area contributed by atoms with Gasteiger partial charge >= 0.3 is 43.0 Å². The summed E-state index contributed by atoms with van der Waals surface area (Å²) in [5.41, 5.74) is -2.11. The van der Waals surface area contributed by atoms with E-state index in [1.165, 1.54) is 11.1 Å². The van der Waals surface area contributed by atoms with Gasteiger partial charge in [0.05, 0.1) is 13.1 Å². The van der Waals surface area contributed by atoms with Crippen molar-refractivity contribution in [2.45, 2.75) is 140 Å². The molecule has 2 aromatic rings. The Bertz CT molecular complexity index is 2130. The van der Waals surface area contributed by atoms with Crippen LogP contribution in [0.15, 0.2) is 12.4 Å². The first-order chi connectivity index (χ1) is 31.6. The minimum absolute atomic E-state index is 0.0521. The molecule has 6 rings (SSSR count). The first-order valence-corrected chi connectivity index (χ1v) is 21.2. The molecule has 6 heterocycles. The number of rotatable bonds is 6. The number of aromatic nitrogens is 4. The molecule has 0 radical (unpaired) electrons.